The van der Waals surface area contributed by atoms with Crippen LogP contribution in [0.3, 0.4) is 0 Å². The molecule has 2 aromatic carbocycles. The number of fused-ring (bicyclic) bond motifs is 5. The average molecular weight is 400 g/mol. The van der Waals surface area contributed by atoms with E-state index < -0.39 is 6.10 Å². The van der Waals surface area contributed by atoms with E-state index in [-0.39, 0.29) is 25.4 Å². The van der Waals surface area contributed by atoms with Gasteiger partial charge >= 0.3 is 0 Å². The predicted molar refractivity (Wildman–Crippen MR) is 104 cm³/mol. The Morgan fingerprint density at radius 1 is 0.862 bits per heavy atom. The van der Waals surface area contributed by atoms with E-state index in [4.69, 9.17) is 28.4 Å². The molecule has 3 atom stereocenters. The predicted octanol–water partition coefficient (Wildman–Crippen LogP) is 3.69. The molecule has 0 bridgehead atoms. The monoisotopic (exact) mass is 400 g/mol. The average Bonchev–Trinajstić information content (AvgIpc) is 3.38. The zero-order valence-corrected chi connectivity index (χ0v) is 16.9. The Balaban J connectivity index is 1.90. The molecule has 154 valence electrons. The van der Waals surface area contributed by atoms with Gasteiger partial charge in [-0.25, -0.2) is 0 Å². The molecule has 2 aliphatic heterocycles. The fourth-order valence-corrected chi connectivity index (χ4v) is 4.54. The maximum Gasteiger partial charge on any atom is 0.231 e. The number of hydrogen-bond donors (Lipinski definition) is 1. The summed E-state index contributed by atoms with van der Waals surface area (Å²) in [5.74, 6) is 3.67. The quantitative estimate of drug-likeness (QED) is 0.824. The molecular weight excluding hydrogens is 376 g/mol. The van der Waals surface area contributed by atoms with Crippen LogP contribution in [0.2, 0.25) is 0 Å². The molecule has 2 aromatic rings. The van der Waals surface area contributed by atoms with Gasteiger partial charge in [-0.05, 0) is 41.5 Å². The second-order valence-corrected chi connectivity index (χ2v) is 7.77. The third kappa shape index (κ3) is 2.53. The summed E-state index contributed by atoms with van der Waals surface area (Å²) in [6, 6.07) is 3.86. The van der Waals surface area contributed by atoms with Crippen LogP contribution in [0.15, 0.2) is 12.1 Å². The van der Waals surface area contributed by atoms with Gasteiger partial charge in [-0.15, -0.1) is 0 Å². The minimum Gasteiger partial charge on any atom is -0.492 e. The van der Waals surface area contributed by atoms with E-state index in [2.05, 4.69) is 13.8 Å². The van der Waals surface area contributed by atoms with Crippen molar-refractivity contribution in [3.63, 3.8) is 0 Å². The van der Waals surface area contributed by atoms with Gasteiger partial charge < -0.3 is 33.5 Å². The van der Waals surface area contributed by atoms with Gasteiger partial charge in [0.25, 0.3) is 0 Å². The van der Waals surface area contributed by atoms with Crippen molar-refractivity contribution in [2.75, 3.05) is 27.8 Å². The molecule has 0 amide bonds. The lowest BCUT2D eigenvalue weighted by Crippen LogP contribution is -2.22. The van der Waals surface area contributed by atoms with Gasteiger partial charge in [0, 0.05) is 11.1 Å². The molecule has 0 radical (unpaired) electrons. The Morgan fingerprint density at radius 2 is 1.45 bits per heavy atom. The Labute approximate surface area is 169 Å². The number of benzene rings is 2. The molecule has 0 fully saturated rings. The van der Waals surface area contributed by atoms with Crippen molar-refractivity contribution >= 4 is 0 Å². The largest absolute Gasteiger partial charge is 0.492 e. The number of ether oxygens (including phenoxy) is 6. The van der Waals surface area contributed by atoms with Crippen LogP contribution in [0.1, 0.15) is 31.1 Å². The minimum atomic E-state index is -0.702. The van der Waals surface area contributed by atoms with Crippen molar-refractivity contribution in [1.82, 2.24) is 0 Å². The summed E-state index contributed by atoms with van der Waals surface area (Å²) in [6.45, 7) is 4.46. The van der Waals surface area contributed by atoms with E-state index in [1.807, 2.05) is 12.1 Å². The van der Waals surface area contributed by atoms with Crippen molar-refractivity contribution < 1.29 is 33.5 Å². The summed E-state index contributed by atoms with van der Waals surface area (Å²) < 4.78 is 34.3. The molecule has 0 saturated heterocycles. The molecular formula is C22H24O7. The summed E-state index contributed by atoms with van der Waals surface area (Å²) in [6.07, 6.45) is 0.0455. The first-order valence-corrected chi connectivity index (χ1v) is 9.73. The molecule has 2 heterocycles. The van der Waals surface area contributed by atoms with Gasteiger partial charge in [-0.2, -0.15) is 0 Å². The first-order chi connectivity index (χ1) is 14.0. The lowest BCUT2D eigenvalue weighted by atomic mass is 9.76. The van der Waals surface area contributed by atoms with Crippen LogP contribution < -0.4 is 28.4 Å². The second kappa shape index (κ2) is 6.62. The highest BCUT2D eigenvalue weighted by atomic mass is 16.7. The van der Waals surface area contributed by atoms with E-state index >= 15 is 0 Å². The molecule has 7 heteroatoms. The maximum absolute atomic E-state index is 11.3. The normalized spacial score (nSPS) is 23.7. The fraction of sp³-hybridized carbons (Fsp3) is 0.455. The van der Waals surface area contributed by atoms with Crippen LogP contribution in [-0.2, 0) is 6.42 Å². The standard InChI is InChI=1S/C22H24O7/c1-10-5-12-6-14-19(28-8-26-14)21(24-3)16(12)17-13(18(23)11(10)2)7-15-20(22(17)25-4)29-9-27-15/h6-7,10-11,18,23H,5,8-9H2,1-4H3/t10-,11-,18+/m1/s1. The summed E-state index contributed by atoms with van der Waals surface area (Å²) in [5, 5.41) is 11.3. The van der Waals surface area contributed by atoms with Crippen LogP contribution in [0.5, 0.6) is 34.5 Å². The molecule has 1 N–H and O–H groups in total. The van der Waals surface area contributed by atoms with Crippen molar-refractivity contribution in [1.29, 1.82) is 0 Å². The van der Waals surface area contributed by atoms with E-state index in [9.17, 15) is 5.11 Å². The van der Waals surface area contributed by atoms with Gasteiger partial charge in [-0.1, -0.05) is 13.8 Å². The van der Waals surface area contributed by atoms with E-state index in [1.165, 1.54) is 0 Å². The molecule has 7 nitrogen and oxygen atoms in total. The highest BCUT2D eigenvalue weighted by Gasteiger charge is 2.38. The zero-order valence-electron chi connectivity index (χ0n) is 16.9. The number of rotatable bonds is 2. The molecule has 0 unspecified atom stereocenters. The minimum absolute atomic E-state index is 0.0170. The number of methoxy groups -OCH3 is 2. The number of hydrogen-bond acceptors (Lipinski definition) is 7. The van der Waals surface area contributed by atoms with Crippen molar-refractivity contribution in [2.24, 2.45) is 11.8 Å². The van der Waals surface area contributed by atoms with Gasteiger partial charge in [0.1, 0.15) is 0 Å². The summed E-state index contributed by atoms with van der Waals surface area (Å²) >= 11 is 0. The van der Waals surface area contributed by atoms with Crippen LogP contribution >= 0.6 is 0 Å². The van der Waals surface area contributed by atoms with Gasteiger partial charge in [-0.3, -0.25) is 0 Å². The maximum atomic E-state index is 11.3. The van der Waals surface area contributed by atoms with E-state index in [0.29, 0.717) is 34.5 Å². The molecule has 29 heavy (non-hydrogen) atoms. The lowest BCUT2D eigenvalue weighted by Gasteiger charge is -2.32. The Kier molecular flexibility index (Phi) is 4.17. The highest BCUT2D eigenvalue weighted by Crippen LogP contribution is 2.58. The summed E-state index contributed by atoms with van der Waals surface area (Å²) in [5.41, 5.74) is 3.35. The highest BCUT2D eigenvalue weighted by molar-refractivity contribution is 5.89. The zero-order chi connectivity index (χ0) is 20.3. The Hall–Kier alpha value is -2.80. The van der Waals surface area contributed by atoms with Crippen LogP contribution in [0.25, 0.3) is 11.1 Å². The number of aliphatic hydroxyl groups is 1. The third-order valence-corrected chi connectivity index (χ3v) is 6.27. The smallest absolute Gasteiger partial charge is 0.231 e. The first kappa shape index (κ1) is 18.2. The summed E-state index contributed by atoms with van der Waals surface area (Å²) in [7, 11) is 3.20. The summed E-state index contributed by atoms with van der Waals surface area (Å²) in [4.78, 5) is 0. The Morgan fingerprint density at radius 3 is 2.07 bits per heavy atom. The van der Waals surface area contributed by atoms with Crippen molar-refractivity contribution in [2.45, 2.75) is 26.4 Å². The third-order valence-electron chi connectivity index (χ3n) is 6.27. The molecule has 3 aliphatic rings. The van der Waals surface area contributed by atoms with Crippen LogP contribution in [0, 0.1) is 11.8 Å². The molecule has 0 spiro atoms. The first-order valence-electron chi connectivity index (χ1n) is 9.73. The van der Waals surface area contributed by atoms with E-state index in [1.54, 1.807) is 14.2 Å². The lowest BCUT2D eigenvalue weighted by molar-refractivity contribution is 0.0864. The Bertz CT molecular complexity index is 984. The molecule has 5 rings (SSSR count). The molecule has 0 saturated carbocycles. The van der Waals surface area contributed by atoms with Crippen LogP contribution in [-0.4, -0.2) is 32.9 Å². The van der Waals surface area contributed by atoms with Gasteiger partial charge in [0.15, 0.2) is 23.0 Å². The number of aliphatic hydroxyl groups excluding tert-OH is 1. The van der Waals surface area contributed by atoms with Gasteiger partial charge in [0.05, 0.1) is 20.3 Å². The van der Waals surface area contributed by atoms with Crippen LogP contribution in [0.4, 0.5) is 0 Å². The van der Waals surface area contributed by atoms with Gasteiger partial charge in [0.2, 0.25) is 25.1 Å². The van der Waals surface area contributed by atoms with Crippen molar-refractivity contribution in [3.05, 3.63) is 23.3 Å². The molecule has 0 aromatic heterocycles. The SMILES string of the molecule is COc1c2c(cc3c1-c1c(cc4c(c1OC)OCO4)[C@@H](O)[C@H](C)[C@H](C)C3)OCO2. The topological polar surface area (TPSA) is 75.6 Å². The molecule has 1 aliphatic carbocycles. The fourth-order valence-electron chi connectivity index (χ4n) is 4.54. The second-order valence-electron chi connectivity index (χ2n) is 7.77. The van der Waals surface area contributed by atoms with E-state index in [0.717, 1.165) is 28.7 Å². The van der Waals surface area contributed by atoms with Crippen molar-refractivity contribution in [3.8, 4) is 45.6 Å².